The van der Waals surface area contributed by atoms with Gasteiger partial charge in [-0.25, -0.2) is 0 Å². The highest BCUT2D eigenvalue weighted by atomic mass is 19.4. The van der Waals surface area contributed by atoms with Gasteiger partial charge in [-0.15, -0.1) is 0 Å². The zero-order valence-corrected chi connectivity index (χ0v) is 17.4. The predicted molar refractivity (Wildman–Crippen MR) is 113 cm³/mol. The van der Waals surface area contributed by atoms with Crippen molar-refractivity contribution < 1.29 is 27.2 Å². The molecular formula is C24H21F3N2O3. The lowest BCUT2D eigenvalue weighted by atomic mass is 10.1. The van der Waals surface area contributed by atoms with Crippen molar-refractivity contribution in [2.45, 2.75) is 26.6 Å². The summed E-state index contributed by atoms with van der Waals surface area (Å²) in [6, 6.07) is 13.0. The van der Waals surface area contributed by atoms with Crippen LogP contribution in [0.2, 0.25) is 0 Å². The molecule has 0 aliphatic carbocycles. The molecule has 1 aromatic heterocycles. The number of rotatable bonds is 6. The molecule has 3 aromatic rings. The molecule has 0 spiro atoms. The summed E-state index contributed by atoms with van der Waals surface area (Å²) >= 11 is 0. The average Bonchev–Trinajstić information content (AvgIpc) is 3.26. The number of carbonyl (C=O) groups excluding carboxylic acids is 2. The summed E-state index contributed by atoms with van der Waals surface area (Å²) in [5.41, 5.74) is 1.67. The standard InChI is InChI=1S/C24H21F3N2O3/c1-15-8-9-18(11-16(15)2)22(30)29-21(13-20-7-4-10-32-20)23(31)28-14-17-5-3-6-19(12-17)24(25,26)27/h3-13H,14H2,1-2H3,(H,28,31)(H,29,30). The Morgan fingerprint density at radius 3 is 2.44 bits per heavy atom. The second-order valence-electron chi connectivity index (χ2n) is 7.21. The van der Waals surface area contributed by atoms with Crippen molar-refractivity contribution in [3.8, 4) is 0 Å². The van der Waals surface area contributed by atoms with Crippen LogP contribution in [0.4, 0.5) is 13.2 Å². The number of carbonyl (C=O) groups is 2. The van der Waals surface area contributed by atoms with Gasteiger partial charge in [-0.1, -0.05) is 18.2 Å². The van der Waals surface area contributed by atoms with Crippen molar-refractivity contribution in [1.29, 1.82) is 0 Å². The number of hydrogen-bond acceptors (Lipinski definition) is 3. The molecule has 0 atom stereocenters. The first-order valence-corrected chi connectivity index (χ1v) is 9.71. The second kappa shape index (κ2) is 9.55. The number of amides is 2. The first-order chi connectivity index (χ1) is 15.1. The fourth-order valence-corrected chi connectivity index (χ4v) is 2.89. The first-order valence-electron chi connectivity index (χ1n) is 9.71. The molecular weight excluding hydrogens is 421 g/mol. The maximum atomic E-state index is 12.9. The normalized spacial score (nSPS) is 11.8. The number of alkyl halides is 3. The van der Waals surface area contributed by atoms with E-state index in [1.54, 1.807) is 30.3 Å². The molecule has 166 valence electrons. The molecule has 2 N–H and O–H groups in total. The highest BCUT2D eigenvalue weighted by Gasteiger charge is 2.30. The van der Waals surface area contributed by atoms with Crippen LogP contribution in [0, 0.1) is 13.8 Å². The van der Waals surface area contributed by atoms with Crippen LogP contribution in [-0.4, -0.2) is 11.8 Å². The van der Waals surface area contributed by atoms with Gasteiger partial charge in [-0.2, -0.15) is 13.2 Å². The van der Waals surface area contributed by atoms with E-state index in [2.05, 4.69) is 10.6 Å². The molecule has 2 amide bonds. The maximum Gasteiger partial charge on any atom is 0.416 e. The van der Waals surface area contributed by atoms with Crippen molar-refractivity contribution in [2.75, 3.05) is 0 Å². The predicted octanol–water partition coefficient (Wildman–Crippen LogP) is 5.00. The van der Waals surface area contributed by atoms with Crippen LogP contribution in [0.25, 0.3) is 6.08 Å². The van der Waals surface area contributed by atoms with Crippen molar-refractivity contribution in [3.05, 3.63) is 100 Å². The number of nitrogens with one attached hydrogen (secondary N) is 2. The van der Waals surface area contributed by atoms with E-state index < -0.39 is 23.6 Å². The second-order valence-corrected chi connectivity index (χ2v) is 7.21. The minimum Gasteiger partial charge on any atom is -0.465 e. The molecule has 2 aromatic carbocycles. The van der Waals surface area contributed by atoms with Crippen LogP contribution < -0.4 is 10.6 Å². The third-order valence-electron chi connectivity index (χ3n) is 4.80. The SMILES string of the molecule is Cc1ccc(C(=O)NC(=Cc2ccco2)C(=O)NCc2cccc(C(F)(F)F)c2)cc1C. The Balaban J connectivity index is 1.78. The summed E-state index contributed by atoms with van der Waals surface area (Å²) in [5, 5.41) is 5.10. The monoisotopic (exact) mass is 442 g/mol. The Hall–Kier alpha value is -3.81. The largest absolute Gasteiger partial charge is 0.465 e. The summed E-state index contributed by atoms with van der Waals surface area (Å²) < 4.78 is 44.0. The minimum absolute atomic E-state index is 0.102. The number of aryl methyl sites for hydroxylation is 2. The van der Waals surface area contributed by atoms with Crippen LogP contribution in [0.5, 0.6) is 0 Å². The van der Waals surface area contributed by atoms with Crippen molar-refractivity contribution >= 4 is 17.9 Å². The quantitative estimate of drug-likeness (QED) is 0.528. The van der Waals surface area contributed by atoms with E-state index in [0.29, 0.717) is 11.3 Å². The summed E-state index contributed by atoms with van der Waals surface area (Å²) in [5.74, 6) is -0.842. The van der Waals surface area contributed by atoms with Gasteiger partial charge in [0, 0.05) is 18.2 Å². The van der Waals surface area contributed by atoms with Crippen molar-refractivity contribution in [2.24, 2.45) is 0 Å². The maximum absolute atomic E-state index is 12.9. The molecule has 5 nitrogen and oxygen atoms in total. The van der Waals surface area contributed by atoms with E-state index in [-0.39, 0.29) is 17.8 Å². The van der Waals surface area contributed by atoms with E-state index in [9.17, 15) is 22.8 Å². The van der Waals surface area contributed by atoms with Gasteiger partial charge < -0.3 is 15.1 Å². The van der Waals surface area contributed by atoms with Gasteiger partial charge in [-0.05, 0) is 66.9 Å². The molecule has 0 radical (unpaired) electrons. The van der Waals surface area contributed by atoms with Crippen LogP contribution >= 0.6 is 0 Å². The molecule has 0 unspecified atom stereocenters. The van der Waals surface area contributed by atoms with E-state index in [1.807, 2.05) is 13.8 Å². The lowest BCUT2D eigenvalue weighted by Crippen LogP contribution is -2.34. The van der Waals surface area contributed by atoms with Gasteiger partial charge in [0.15, 0.2) is 0 Å². The van der Waals surface area contributed by atoms with Crippen LogP contribution in [0.3, 0.4) is 0 Å². The van der Waals surface area contributed by atoms with E-state index in [0.717, 1.165) is 23.3 Å². The number of halogens is 3. The van der Waals surface area contributed by atoms with Gasteiger partial charge in [0.1, 0.15) is 11.5 Å². The van der Waals surface area contributed by atoms with E-state index >= 15 is 0 Å². The van der Waals surface area contributed by atoms with Crippen molar-refractivity contribution in [3.63, 3.8) is 0 Å². The Morgan fingerprint density at radius 2 is 1.78 bits per heavy atom. The van der Waals surface area contributed by atoms with Crippen LogP contribution in [0.1, 0.15) is 38.4 Å². The molecule has 0 aliphatic heterocycles. The highest BCUT2D eigenvalue weighted by Crippen LogP contribution is 2.29. The van der Waals surface area contributed by atoms with E-state index in [1.165, 1.54) is 24.5 Å². The van der Waals surface area contributed by atoms with Gasteiger partial charge in [0.25, 0.3) is 11.8 Å². The third-order valence-corrected chi connectivity index (χ3v) is 4.80. The minimum atomic E-state index is -4.48. The Morgan fingerprint density at radius 1 is 1.00 bits per heavy atom. The van der Waals surface area contributed by atoms with Crippen molar-refractivity contribution in [1.82, 2.24) is 10.6 Å². The number of benzene rings is 2. The molecule has 0 fully saturated rings. The van der Waals surface area contributed by atoms with Gasteiger partial charge >= 0.3 is 6.18 Å². The van der Waals surface area contributed by atoms with Gasteiger partial charge in [0.05, 0.1) is 11.8 Å². The fraction of sp³-hybridized carbons (Fsp3) is 0.167. The summed E-state index contributed by atoms with van der Waals surface area (Å²) in [7, 11) is 0. The Bertz CT molecular complexity index is 1150. The molecule has 0 saturated carbocycles. The molecule has 32 heavy (non-hydrogen) atoms. The Labute approximate surface area is 182 Å². The molecule has 0 saturated heterocycles. The van der Waals surface area contributed by atoms with Gasteiger partial charge in [-0.3, -0.25) is 9.59 Å². The van der Waals surface area contributed by atoms with Crippen LogP contribution in [-0.2, 0) is 17.5 Å². The third kappa shape index (κ3) is 5.87. The lowest BCUT2D eigenvalue weighted by Gasteiger charge is -2.13. The average molecular weight is 442 g/mol. The molecule has 1 heterocycles. The van der Waals surface area contributed by atoms with E-state index in [4.69, 9.17) is 4.42 Å². The smallest absolute Gasteiger partial charge is 0.416 e. The fourth-order valence-electron chi connectivity index (χ4n) is 2.89. The lowest BCUT2D eigenvalue weighted by molar-refractivity contribution is -0.137. The zero-order chi connectivity index (χ0) is 23.3. The molecule has 0 bridgehead atoms. The van der Waals surface area contributed by atoms with Crippen LogP contribution in [0.15, 0.2) is 71.0 Å². The number of furan rings is 1. The zero-order valence-electron chi connectivity index (χ0n) is 17.4. The first kappa shape index (κ1) is 22.9. The summed E-state index contributed by atoms with van der Waals surface area (Å²) in [6.45, 7) is 3.63. The Kier molecular flexibility index (Phi) is 6.82. The summed E-state index contributed by atoms with van der Waals surface area (Å²) in [4.78, 5) is 25.4. The molecule has 8 heteroatoms. The molecule has 3 rings (SSSR count). The highest BCUT2D eigenvalue weighted by molar-refractivity contribution is 6.05. The topological polar surface area (TPSA) is 71.3 Å². The molecule has 0 aliphatic rings. The summed E-state index contributed by atoms with van der Waals surface area (Å²) in [6.07, 6.45) is -1.72. The van der Waals surface area contributed by atoms with Gasteiger partial charge in [0.2, 0.25) is 0 Å². The number of hydrogen-bond donors (Lipinski definition) is 2.